The first-order valence-corrected chi connectivity index (χ1v) is 4.96. The van der Waals surface area contributed by atoms with Gasteiger partial charge in [0.1, 0.15) is 5.69 Å². The van der Waals surface area contributed by atoms with Crippen molar-refractivity contribution in [1.29, 1.82) is 0 Å². The molecule has 1 heterocycles. The number of halogens is 1. The minimum Gasteiger partial charge on any atom is -0.309 e. The van der Waals surface area contributed by atoms with Crippen LogP contribution in [0.25, 0.3) is 0 Å². The number of hydrogen-bond donors (Lipinski definition) is 1. The number of hydrogen-bond acceptors (Lipinski definition) is 4. The van der Waals surface area contributed by atoms with Crippen LogP contribution in [0.15, 0.2) is 12.1 Å². The fourth-order valence-corrected chi connectivity index (χ4v) is 1.08. The van der Waals surface area contributed by atoms with Crippen LogP contribution in [0.1, 0.15) is 17.4 Å². The van der Waals surface area contributed by atoms with Crippen LogP contribution in [0.4, 0.5) is 5.82 Å². The first-order valence-electron chi connectivity index (χ1n) is 3.84. The number of alkyl halides is 1. The van der Waals surface area contributed by atoms with Crippen molar-refractivity contribution in [3.8, 4) is 0 Å². The molecule has 0 unspecified atom stereocenters. The number of nitrogens with one attached hydrogen (secondary N) is 1. The van der Waals surface area contributed by atoms with E-state index < -0.39 is 0 Å². The fourth-order valence-electron chi connectivity index (χ4n) is 0.796. The molecule has 1 aromatic heterocycles. The van der Waals surface area contributed by atoms with Crippen LogP contribution in [0.5, 0.6) is 0 Å². The summed E-state index contributed by atoms with van der Waals surface area (Å²) in [6.07, 6.45) is 0. The van der Waals surface area contributed by atoms with Gasteiger partial charge >= 0.3 is 0 Å². The van der Waals surface area contributed by atoms with Gasteiger partial charge in [0.2, 0.25) is 5.91 Å². The van der Waals surface area contributed by atoms with Crippen LogP contribution in [0, 0.1) is 0 Å². The van der Waals surface area contributed by atoms with Crippen molar-refractivity contribution < 1.29 is 9.59 Å². The lowest BCUT2D eigenvalue weighted by molar-refractivity contribution is -0.114. The van der Waals surface area contributed by atoms with E-state index in [4.69, 9.17) is 0 Å². The van der Waals surface area contributed by atoms with Crippen molar-refractivity contribution in [3.05, 3.63) is 17.8 Å². The standard InChI is InChI=1S/C8H8BrN3O2/c1-5(13)10-8-3-2-6(11-12-8)7(14)4-9/h2-3H,4H2,1H3,(H,10,12,13). The van der Waals surface area contributed by atoms with Gasteiger partial charge in [-0.2, -0.15) is 0 Å². The van der Waals surface area contributed by atoms with Crippen molar-refractivity contribution in [2.24, 2.45) is 0 Å². The van der Waals surface area contributed by atoms with E-state index in [1.54, 1.807) is 0 Å². The highest BCUT2D eigenvalue weighted by Gasteiger charge is 2.06. The molecule has 1 aromatic rings. The molecule has 0 fully saturated rings. The summed E-state index contributed by atoms with van der Waals surface area (Å²) in [5, 5.41) is 9.99. The quantitative estimate of drug-likeness (QED) is 0.648. The first-order chi connectivity index (χ1) is 6.63. The van der Waals surface area contributed by atoms with E-state index in [2.05, 4.69) is 31.4 Å². The summed E-state index contributed by atoms with van der Waals surface area (Å²) in [5.41, 5.74) is 0.274. The number of aromatic nitrogens is 2. The number of rotatable bonds is 3. The predicted octanol–water partition coefficient (Wildman–Crippen LogP) is 1.01. The molecular weight excluding hydrogens is 250 g/mol. The third-order valence-electron chi connectivity index (χ3n) is 1.38. The lowest BCUT2D eigenvalue weighted by Gasteiger charge is -1.99. The summed E-state index contributed by atoms with van der Waals surface area (Å²) < 4.78 is 0. The second kappa shape index (κ2) is 4.80. The number of Topliss-reactive ketones (excluding diaryl/α,β-unsaturated/α-hetero) is 1. The maximum atomic E-state index is 11.1. The van der Waals surface area contributed by atoms with Crippen LogP contribution in [0.3, 0.4) is 0 Å². The molecule has 1 rings (SSSR count). The van der Waals surface area contributed by atoms with Gasteiger partial charge in [0.25, 0.3) is 0 Å². The molecule has 0 aliphatic rings. The van der Waals surface area contributed by atoms with Crippen molar-refractivity contribution in [2.45, 2.75) is 6.92 Å². The van der Waals surface area contributed by atoms with E-state index in [9.17, 15) is 9.59 Å². The average molecular weight is 258 g/mol. The van der Waals surface area contributed by atoms with Crippen LogP contribution in [-0.4, -0.2) is 27.2 Å². The first kappa shape index (κ1) is 10.8. The molecule has 5 nitrogen and oxygen atoms in total. The van der Waals surface area contributed by atoms with Gasteiger partial charge in [0, 0.05) is 6.92 Å². The van der Waals surface area contributed by atoms with Gasteiger partial charge in [0.05, 0.1) is 5.33 Å². The van der Waals surface area contributed by atoms with E-state index >= 15 is 0 Å². The third-order valence-corrected chi connectivity index (χ3v) is 1.88. The lowest BCUT2D eigenvalue weighted by Crippen LogP contribution is -2.10. The average Bonchev–Trinajstić information content (AvgIpc) is 2.17. The lowest BCUT2D eigenvalue weighted by atomic mass is 10.3. The number of amides is 1. The van der Waals surface area contributed by atoms with Crippen molar-refractivity contribution in [2.75, 3.05) is 10.6 Å². The summed E-state index contributed by atoms with van der Waals surface area (Å²) >= 11 is 3.02. The van der Waals surface area contributed by atoms with Crippen LogP contribution in [-0.2, 0) is 4.79 Å². The zero-order valence-electron chi connectivity index (χ0n) is 7.45. The van der Waals surface area contributed by atoms with Gasteiger partial charge in [-0.05, 0) is 12.1 Å². The van der Waals surface area contributed by atoms with Crippen molar-refractivity contribution in [1.82, 2.24) is 10.2 Å². The van der Waals surface area contributed by atoms with Gasteiger partial charge in [0.15, 0.2) is 11.6 Å². The number of nitrogens with zero attached hydrogens (tertiary/aromatic N) is 2. The summed E-state index contributed by atoms with van der Waals surface area (Å²) in [5.74, 6) is -0.0330. The highest BCUT2D eigenvalue weighted by molar-refractivity contribution is 9.09. The van der Waals surface area contributed by atoms with Gasteiger partial charge in [-0.25, -0.2) is 0 Å². The topological polar surface area (TPSA) is 72.0 Å². The number of carbonyl (C=O) groups excluding carboxylic acids is 2. The fraction of sp³-hybridized carbons (Fsp3) is 0.250. The summed E-state index contributed by atoms with van der Waals surface area (Å²) in [4.78, 5) is 21.7. The molecule has 1 amide bonds. The highest BCUT2D eigenvalue weighted by atomic mass is 79.9. The second-order valence-electron chi connectivity index (χ2n) is 2.54. The Kier molecular flexibility index (Phi) is 3.70. The van der Waals surface area contributed by atoms with Gasteiger partial charge < -0.3 is 5.32 Å². The van der Waals surface area contributed by atoms with Crippen LogP contribution in [0.2, 0.25) is 0 Å². The Bertz CT molecular complexity index is 350. The Morgan fingerprint density at radius 3 is 2.57 bits per heavy atom. The van der Waals surface area contributed by atoms with Crippen LogP contribution >= 0.6 is 15.9 Å². The number of carbonyl (C=O) groups is 2. The Morgan fingerprint density at radius 2 is 2.14 bits per heavy atom. The predicted molar refractivity (Wildman–Crippen MR) is 54.5 cm³/mol. The summed E-state index contributed by atoms with van der Waals surface area (Å²) in [6.45, 7) is 1.37. The number of ketones is 1. The van der Waals surface area contributed by atoms with Crippen molar-refractivity contribution >= 4 is 33.4 Å². The van der Waals surface area contributed by atoms with Crippen LogP contribution < -0.4 is 5.32 Å². The molecule has 0 spiro atoms. The molecular formula is C8H8BrN3O2. The molecule has 0 bridgehead atoms. The minimum atomic E-state index is -0.223. The minimum absolute atomic E-state index is 0.146. The molecule has 0 aliphatic carbocycles. The Labute approximate surface area is 89.0 Å². The highest BCUT2D eigenvalue weighted by Crippen LogP contribution is 2.03. The summed E-state index contributed by atoms with van der Waals surface area (Å²) in [7, 11) is 0. The zero-order chi connectivity index (χ0) is 10.6. The Balaban J connectivity index is 2.78. The molecule has 0 radical (unpaired) electrons. The van der Waals surface area contributed by atoms with Gasteiger partial charge in [-0.15, -0.1) is 10.2 Å². The molecule has 6 heteroatoms. The number of anilines is 1. The van der Waals surface area contributed by atoms with Gasteiger partial charge in [-0.3, -0.25) is 9.59 Å². The molecule has 0 aliphatic heterocycles. The summed E-state index contributed by atoms with van der Waals surface area (Å²) in [6, 6.07) is 3.05. The molecule has 1 N–H and O–H groups in total. The van der Waals surface area contributed by atoms with Crippen molar-refractivity contribution in [3.63, 3.8) is 0 Å². The van der Waals surface area contributed by atoms with E-state index in [0.717, 1.165) is 0 Å². The normalized spacial score (nSPS) is 9.57. The Morgan fingerprint density at radius 1 is 1.43 bits per heavy atom. The van der Waals surface area contributed by atoms with Gasteiger partial charge in [-0.1, -0.05) is 15.9 Å². The molecule has 0 atom stereocenters. The SMILES string of the molecule is CC(=O)Nc1ccc(C(=O)CBr)nn1. The Hall–Kier alpha value is -1.30. The maximum Gasteiger partial charge on any atom is 0.222 e. The molecule has 14 heavy (non-hydrogen) atoms. The maximum absolute atomic E-state index is 11.1. The second-order valence-corrected chi connectivity index (χ2v) is 3.10. The zero-order valence-corrected chi connectivity index (χ0v) is 9.04. The smallest absolute Gasteiger partial charge is 0.222 e. The monoisotopic (exact) mass is 257 g/mol. The van der Waals surface area contributed by atoms with E-state index in [-0.39, 0.29) is 22.7 Å². The van der Waals surface area contributed by atoms with E-state index in [0.29, 0.717) is 5.82 Å². The third kappa shape index (κ3) is 2.88. The van der Waals surface area contributed by atoms with E-state index in [1.165, 1.54) is 19.1 Å². The molecule has 0 saturated heterocycles. The largest absolute Gasteiger partial charge is 0.309 e. The molecule has 74 valence electrons. The molecule has 0 aromatic carbocycles. The molecule has 0 saturated carbocycles. The van der Waals surface area contributed by atoms with E-state index in [1.807, 2.05) is 0 Å².